The number of carbonyl (C=O) groups excluding carboxylic acids is 2. The van der Waals surface area contributed by atoms with Crippen LogP contribution >= 0.6 is 0 Å². The van der Waals surface area contributed by atoms with Crippen LogP contribution in [0.4, 0.5) is 5.82 Å². The molecule has 2 amide bonds. The van der Waals surface area contributed by atoms with Crippen molar-refractivity contribution in [3.05, 3.63) is 23.9 Å². The molecule has 0 atom stereocenters. The molecule has 0 saturated carbocycles. The molecule has 1 saturated heterocycles. The van der Waals surface area contributed by atoms with Crippen molar-refractivity contribution < 1.29 is 9.59 Å². The molecule has 0 spiro atoms. The van der Waals surface area contributed by atoms with E-state index >= 15 is 0 Å². The lowest BCUT2D eigenvalue weighted by atomic mass is 9.98. The number of anilines is 1. The molecule has 0 unspecified atom stereocenters. The molecule has 6 heteroatoms. The molecule has 1 aromatic rings. The van der Waals surface area contributed by atoms with Gasteiger partial charge in [-0.2, -0.15) is 0 Å². The van der Waals surface area contributed by atoms with Crippen LogP contribution in [0.15, 0.2) is 18.3 Å². The maximum Gasteiger partial charge on any atom is 0.256 e. The minimum atomic E-state index is -0.850. The summed E-state index contributed by atoms with van der Waals surface area (Å²) in [6.45, 7) is 4.41. The number of nitrogens with two attached hydrogens (primary N) is 1. The molecule has 18 heavy (non-hydrogen) atoms. The van der Waals surface area contributed by atoms with Gasteiger partial charge in [-0.05, 0) is 26.0 Å². The second-order valence-corrected chi connectivity index (χ2v) is 4.74. The number of nitrogen functional groups attached to an aromatic ring is 1. The fraction of sp³-hybridized carbons (Fsp3) is 0.417. The van der Waals surface area contributed by atoms with Crippen LogP contribution < -0.4 is 11.1 Å². The van der Waals surface area contributed by atoms with E-state index in [1.165, 1.54) is 6.20 Å². The standard InChI is InChI=1S/C12H16N4O2/c1-12(2)11(18)14-5-6-16(12)10(17)8-3-4-9(13)15-7-8/h3-4,7H,5-6H2,1-2H3,(H2,13,15)(H,14,18). The maximum atomic E-state index is 12.3. The molecule has 0 aromatic carbocycles. The summed E-state index contributed by atoms with van der Waals surface area (Å²) in [4.78, 5) is 29.6. The van der Waals surface area contributed by atoms with Gasteiger partial charge < -0.3 is 16.0 Å². The van der Waals surface area contributed by atoms with Crippen molar-refractivity contribution in [1.29, 1.82) is 0 Å². The predicted molar refractivity (Wildman–Crippen MR) is 66.8 cm³/mol. The van der Waals surface area contributed by atoms with Crippen molar-refractivity contribution in [2.75, 3.05) is 18.8 Å². The highest BCUT2D eigenvalue weighted by molar-refractivity contribution is 5.99. The van der Waals surface area contributed by atoms with Crippen molar-refractivity contribution in [1.82, 2.24) is 15.2 Å². The summed E-state index contributed by atoms with van der Waals surface area (Å²) in [5, 5.41) is 2.75. The highest BCUT2D eigenvalue weighted by Crippen LogP contribution is 2.20. The van der Waals surface area contributed by atoms with Gasteiger partial charge in [0.1, 0.15) is 11.4 Å². The summed E-state index contributed by atoms with van der Waals surface area (Å²) in [6, 6.07) is 3.19. The van der Waals surface area contributed by atoms with Gasteiger partial charge in [-0.3, -0.25) is 9.59 Å². The van der Waals surface area contributed by atoms with E-state index in [2.05, 4.69) is 10.3 Å². The molecule has 0 bridgehead atoms. The minimum absolute atomic E-state index is 0.148. The molecule has 1 aromatic heterocycles. The zero-order valence-electron chi connectivity index (χ0n) is 10.4. The van der Waals surface area contributed by atoms with Crippen LogP contribution in [-0.4, -0.2) is 40.3 Å². The summed E-state index contributed by atoms with van der Waals surface area (Å²) in [6.07, 6.45) is 1.43. The van der Waals surface area contributed by atoms with Crippen molar-refractivity contribution >= 4 is 17.6 Å². The van der Waals surface area contributed by atoms with Crippen molar-refractivity contribution in [3.63, 3.8) is 0 Å². The Hall–Kier alpha value is -2.11. The highest BCUT2D eigenvalue weighted by atomic mass is 16.2. The lowest BCUT2D eigenvalue weighted by Crippen LogP contribution is -2.63. The topological polar surface area (TPSA) is 88.3 Å². The molecule has 6 nitrogen and oxygen atoms in total. The first-order chi connectivity index (χ1) is 8.43. The summed E-state index contributed by atoms with van der Waals surface area (Å²) >= 11 is 0. The third kappa shape index (κ3) is 2.01. The highest BCUT2D eigenvalue weighted by Gasteiger charge is 2.40. The van der Waals surface area contributed by atoms with Gasteiger partial charge in [0, 0.05) is 19.3 Å². The minimum Gasteiger partial charge on any atom is -0.384 e. The van der Waals surface area contributed by atoms with Crippen LogP contribution in [0.2, 0.25) is 0 Å². The lowest BCUT2D eigenvalue weighted by Gasteiger charge is -2.41. The SMILES string of the molecule is CC1(C)C(=O)NCCN1C(=O)c1ccc(N)nc1. The summed E-state index contributed by atoms with van der Waals surface area (Å²) in [7, 11) is 0. The Bertz CT molecular complexity index is 481. The van der Waals surface area contributed by atoms with E-state index in [1.54, 1.807) is 30.9 Å². The molecule has 0 radical (unpaired) electrons. The Morgan fingerprint density at radius 2 is 2.22 bits per heavy atom. The Kier molecular flexibility index (Phi) is 2.94. The van der Waals surface area contributed by atoms with Crippen LogP contribution in [0, 0.1) is 0 Å². The quantitative estimate of drug-likeness (QED) is 0.733. The number of rotatable bonds is 1. The molecule has 2 heterocycles. The average molecular weight is 248 g/mol. The normalized spacial score (nSPS) is 18.3. The van der Waals surface area contributed by atoms with Gasteiger partial charge in [-0.1, -0.05) is 0 Å². The zero-order chi connectivity index (χ0) is 13.3. The number of hydrogen-bond acceptors (Lipinski definition) is 4. The third-order valence-electron chi connectivity index (χ3n) is 3.13. The maximum absolute atomic E-state index is 12.3. The molecule has 0 aliphatic carbocycles. The van der Waals surface area contributed by atoms with E-state index < -0.39 is 5.54 Å². The van der Waals surface area contributed by atoms with Crippen LogP contribution in [-0.2, 0) is 4.79 Å². The van der Waals surface area contributed by atoms with Crippen molar-refractivity contribution in [2.45, 2.75) is 19.4 Å². The second-order valence-electron chi connectivity index (χ2n) is 4.74. The van der Waals surface area contributed by atoms with Crippen molar-refractivity contribution in [3.8, 4) is 0 Å². The number of aromatic nitrogens is 1. The van der Waals surface area contributed by atoms with E-state index in [4.69, 9.17) is 5.73 Å². The first kappa shape index (κ1) is 12.3. The lowest BCUT2D eigenvalue weighted by molar-refractivity contribution is -0.133. The Labute approximate surface area is 105 Å². The number of pyridine rings is 1. The number of nitrogens with zero attached hydrogens (tertiary/aromatic N) is 2. The fourth-order valence-corrected chi connectivity index (χ4v) is 1.94. The van der Waals surface area contributed by atoms with Gasteiger partial charge in [0.2, 0.25) is 5.91 Å². The van der Waals surface area contributed by atoms with Crippen LogP contribution in [0.25, 0.3) is 0 Å². The Morgan fingerprint density at radius 3 is 2.83 bits per heavy atom. The first-order valence-electron chi connectivity index (χ1n) is 5.75. The molecule has 96 valence electrons. The second kappa shape index (κ2) is 4.29. The Balaban J connectivity index is 2.28. The molecule has 1 aliphatic heterocycles. The Morgan fingerprint density at radius 1 is 1.50 bits per heavy atom. The molecule has 1 fully saturated rings. The molecule has 2 rings (SSSR count). The van der Waals surface area contributed by atoms with E-state index in [0.717, 1.165) is 0 Å². The monoisotopic (exact) mass is 248 g/mol. The van der Waals surface area contributed by atoms with E-state index in [0.29, 0.717) is 24.5 Å². The smallest absolute Gasteiger partial charge is 0.256 e. The fourth-order valence-electron chi connectivity index (χ4n) is 1.94. The van der Waals surface area contributed by atoms with E-state index in [-0.39, 0.29) is 11.8 Å². The number of carbonyl (C=O) groups is 2. The van der Waals surface area contributed by atoms with Crippen LogP contribution in [0.1, 0.15) is 24.2 Å². The largest absolute Gasteiger partial charge is 0.384 e. The van der Waals surface area contributed by atoms with Gasteiger partial charge in [0.25, 0.3) is 5.91 Å². The summed E-state index contributed by atoms with van der Waals surface area (Å²) in [5.41, 5.74) is 5.07. The summed E-state index contributed by atoms with van der Waals surface area (Å²) in [5.74, 6) is 0.00931. The summed E-state index contributed by atoms with van der Waals surface area (Å²) < 4.78 is 0. The number of nitrogens with one attached hydrogen (secondary N) is 1. The molecule has 3 N–H and O–H groups in total. The average Bonchev–Trinajstić information content (AvgIpc) is 2.33. The van der Waals surface area contributed by atoms with Gasteiger partial charge in [-0.15, -0.1) is 0 Å². The predicted octanol–water partition coefficient (Wildman–Crippen LogP) is 0.0144. The first-order valence-corrected chi connectivity index (χ1v) is 5.75. The van der Waals surface area contributed by atoms with Gasteiger partial charge in [0.05, 0.1) is 5.56 Å². The number of hydrogen-bond donors (Lipinski definition) is 2. The van der Waals surface area contributed by atoms with E-state index in [1.807, 2.05) is 0 Å². The van der Waals surface area contributed by atoms with Crippen molar-refractivity contribution in [2.24, 2.45) is 0 Å². The van der Waals surface area contributed by atoms with E-state index in [9.17, 15) is 9.59 Å². The molecule has 1 aliphatic rings. The molecular formula is C12H16N4O2. The van der Waals surface area contributed by atoms with Gasteiger partial charge in [0.15, 0.2) is 0 Å². The van der Waals surface area contributed by atoms with Gasteiger partial charge >= 0.3 is 0 Å². The number of piperazine rings is 1. The molecular weight excluding hydrogens is 232 g/mol. The van der Waals surface area contributed by atoms with Crippen LogP contribution in [0.3, 0.4) is 0 Å². The number of amides is 2. The van der Waals surface area contributed by atoms with Crippen LogP contribution in [0.5, 0.6) is 0 Å². The third-order valence-corrected chi connectivity index (χ3v) is 3.13. The van der Waals surface area contributed by atoms with Gasteiger partial charge in [-0.25, -0.2) is 4.98 Å². The zero-order valence-corrected chi connectivity index (χ0v) is 10.4.